The molecule has 22 heavy (non-hydrogen) atoms. The molecule has 2 aromatic carbocycles. The molecule has 110 valence electrons. The monoisotopic (exact) mass is 306 g/mol. The van der Waals surface area contributed by atoms with Gasteiger partial charge in [-0.15, -0.1) is 20.4 Å². The van der Waals surface area contributed by atoms with Crippen LogP contribution in [0.5, 0.6) is 0 Å². The summed E-state index contributed by atoms with van der Waals surface area (Å²) in [6.07, 6.45) is 0. The average molecular weight is 306 g/mol. The number of nitrogens with zero attached hydrogens (tertiary/aromatic N) is 4. The van der Waals surface area contributed by atoms with Crippen LogP contribution in [0.4, 0.5) is 17.6 Å². The molecule has 4 nitrogen and oxygen atoms in total. The lowest BCUT2D eigenvalue weighted by atomic mass is 10.2. The van der Waals surface area contributed by atoms with Crippen molar-refractivity contribution >= 4 is 0 Å². The molecule has 0 saturated heterocycles. The van der Waals surface area contributed by atoms with Crippen LogP contribution in [0, 0.1) is 23.3 Å². The van der Waals surface area contributed by atoms with Crippen molar-refractivity contribution in [3.05, 3.63) is 59.7 Å². The summed E-state index contributed by atoms with van der Waals surface area (Å²) in [6.45, 7) is 0. The lowest BCUT2D eigenvalue weighted by Crippen LogP contribution is -2.00. The van der Waals surface area contributed by atoms with Crippen molar-refractivity contribution in [3.63, 3.8) is 0 Å². The van der Waals surface area contributed by atoms with Crippen LogP contribution in [0.1, 0.15) is 0 Å². The van der Waals surface area contributed by atoms with E-state index in [1.54, 1.807) is 0 Å². The number of hydrogen-bond acceptors (Lipinski definition) is 4. The van der Waals surface area contributed by atoms with Crippen LogP contribution in [0.3, 0.4) is 0 Å². The third-order valence-electron chi connectivity index (χ3n) is 2.83. The van der Waals surface area contributed by atoms with E-state index in [-0.39, 0.29) is 22.8 Å². The Morgan fingerprint density at radius 3 is 1.18 bits per heavy atom. The third-order valence-corrected chi connectivity index (χ3v) is 2.83. The van der Waals surface area contributed by atoms with Gasteiger partial charge in [-0.05, 0) is 36.4 Å². The standard InChI is InChI=1S/C14H6F4N4/c15-9-3-1-7(5-11(9)17)13-19-21-14(22-20-13)8-2-4-10(16)12(18)6-8/h1-6H. The number of benzene rings is 2. The molecule has 0 fully saturated rings. The van der Waals surface area contributed by atoms with Gasteiger partial charge in [-0.1, -0.05) is 0 Å². The first-order valence-electron chi connectivity index (χ1n) is 6.03. The number of halogens is 4. The van der Waals surface area contributed by atoms with Crippen LogP contribution in [0.25, 0.3) is 22.8 Å². The Labute approximate surface area is 121 Å². The lowest BCUT2D eigenvalue weighted by Gasteiger charge is -2.02. The molecule has 3 aromatic rings. The number of aromatic nitrogens is 4. The van der Waals surface area contributed by atoms with Gasteiger partial charge in [0, 0.05) is 11.1 Å². The first-order valence-corrected chi connectivity index (χ1v) is 6.03. The van der Waals surface area contributed by atoms with Gasteiger partial charge in [-0.3, -0.25) is 0 Å². The van der Waals surface area contributed by atoms with Crippen molar-refractivity contribution in [1.29, 1.82) is 0 Å². The molecular weight excluding hydrogens is 300 g/mol. The molecule has 0 N–H and O–H groups in total. The highest BCUT2D eigenvalue weighted by atomic mass is 19.2. The van der Waals surface area contributed by atoms with Crippen molar-refractivity contribution in [2.45, 2.75) is 0 Å². The summed E-state index contributed by atoms with van der Waals surface area (Å²) in [6, 6.07) is 6.22. The fourth-order valence-electron chi connectivity index (χ4n) is 1.73. The minimum absolute atomic E-state index is 0.0229. The second-order valence-electron chi connectivity index (χ2n) is 4.30. The Morgan fingerprint density at radius 2 is 0.864 bits per heavy atom. The van der Waals surface area contributed by atoms with Crippen molar-refractivity contribution in [2.75, 3.05) is 0 Å². The molecule has 0 aliphatic rings. The SMILES string of the molecule is Fc1ccc(-c2nnc(-c3ccc(F)c(F)c3)nn2)cc1F. The van der Waals surface area contributed by atoms with E-state index in [1.807, 2.05) is 0 Å². The van der Waals surface area contributed by atoms with E-state index < -0.39 is 23.3 Å². The van der Waals surface area contributed by atoms with Gasteiger partial charge in [-0.2, -0.15) is 0 Å². The molecule has 0 aliphatic carbocycles. The van der Waals surface area contributed by atoms with E-state index in [4.69, 9.17) is 0 Å². The van der Waals surface area contributed by atoms with E-state index in [2.05, 4.69) is 20.4 Å². The molecule has 3 rings (SSSR count). The van der Waals surface area contributed by atoms with Crippen LogP contribution in [0.2, 0.25) is 0 Å². The maximum Gasteiger partial charge on any atom is 0.203 e. The summed E-state index contributed by atoms with van der Waals surface area (Å²) in [5.74, 6) is -4.14. The topological polar surface area (TPSA) is 51.6 Å². The smallest absolute Gasteiger partial charge is 0.203 e. The highest BCUT2D eigenvalue weighted by Crippen LogP contribution is 2.19. The van der Waals surface area contributed by atoms with E-state index in [9.17, 15) is 17.6 Å². The second kappa shape index (κ2) is 5.47. The summed E-state index contributed by atoms with van der Waals surface area (Å²) in [5, 5.41) is 14.9. The predicted octanol–water partition coefficient (Wildman–Crippen LogP) is 3.16. The van der Waals surface area contributed by atoms with Crippen LogP contribution in [-0.4, -0.2) is 20.4 Å². The minimum atomic E-state index is -1.05. The number of hydrogen-bond donors (Lipinski definition) is 0. The van der Waals surface area contributed by atoms with E-state index in [1.165, 1.54) is 12.1 Å². The van der Waals surface area contributed by atoms with E-state index >= 15 is 0 Å². The van der Waals surface area contributed by atoms with Gasteiger partial charge in [0.2, 0.25) is 11.6 Å². The minimum Gasteiger partial charge on any atom is -0.204 e. The normalized spacial score (nSPS) is 10.7. The Bertz CT molecular complexity index is 766. The summed E-state index contributed by atoms with van der Waals surface area (Å²) in [7, 11) is 0. The fraction of sp³-hybridized carbons (Fsp3) is 0. The molecule has 0 radical (unpaired) electrons. The van der Waals surface area contributed by atoms with Crippen LogP contribution < -0.4 is 0 Å². The highest BCUT2D eigenvalue weighted by Gasteiger charge is 2.11. The predicted molar refractivity (Wildman–Crippen MR) is 68.3 cm³/mol. The van der Waals surface area contributed by atoms with Crippen molar-refractivity contribution in [2.24, 2.45) is 0 Å². The van der Waals surface area contributed by atoms with E-state index in [0.717, 1.165) is 24.3 Å². The Kier molecular flexibility index (Phi) is 3.50. The van der Waals surface area contributed by atoms with Gasteiger partial charge in [0.1, 0.15) is 0 Å². The average Bonchev–Trinajstić information content (AvgIpc) is 2.53. The van der Waals surface area contributed by atoms with Crippen LogP contribution in [-0.2, 0) is 0 Å². The van der Waals surface area contributed by atoms with Gasteiger partial charge in [0.15, 0.2) is 23.3 Å². The lowest BCUT2D eigenvalue weighted by molar-refractivity contribution is 0.508. The third kappa shape index (κ3) is 2.62. The summed E-state index contributed by atoms with van der Waals surface area (Å²) >= 11 is 0. The van der Waals surface area contributed by atoms with Gasteiger partial charge in [-0.25, -0.2) is 17.6 Å². The molecule has 8 heteroatoms. The largest absolute Gasteiger partial charge is 0.204 e. The maximum atomic E-state index is 13.1. The first-order chi connectivity index (χ1) is 10.5. The first kappa shape index (κ1) is 14.1. The molecule has 0 spiro atoms. The van der Waals surface area contributed by atoms with Crippen LogP contribution in [0.15, 0.2) is 36.4 Å². The maximum absolute atomic E-state index is 13.1. The van der Waals surface area contributed by atoms with E-state index in [0.29, 0.717) is 0 Å². The zero-order valence-electron chi connectivity index (χ0n) is 10.8. The van der Waals surface area contributed by atoms with Gasteiger partial charge in [0.05, 0.1) is 0 Å². The molecule has 0 aliphatic heterocycles. The van der Waals surface area contributed by atoms with Crippen molar-refractivity contribution in [1.82, 2.24) is 20.4 Å². The zero-order valence-corrected chi connectivity index (χ0v) is 10.8. The Balaban J connectivity index is 1.95. The molecule has 0 bridgehead atoms. The summed E-state index contributed by atoms with van der Waals surface area (Å²) < 4.78 is 52.0. The Hall–Kier alpha value is -2.90. The van der Waals surface area contributed by atoms with Gasteiger partial charge < -0.3 is 0 Å². The second-order valence-corrected chi connectivity index (χ2v) is 4.30. The molecular formula is C14H6F4N4. The molecule has 1 heterocycles. The molecule has 0 unspecified atom stereocenters. The number of rotatable bonds is 2. The molecule has 0 amide bonds. The van der Waals surface area contributed by atoms with Crippen molar-refractivity contribution in [3.8, 4) is 22.8 Å². The van der Waals surface area contributed by atoms with Gasteiger partial charge in [0.25, 0.3) is 0 Å². The summed E-state index contributed by atoms with van der Waals surface area (Å²) in [4.78, 5) is 0. The Morgan fingerprint density at radius 1 is 0.500 bits per heavy atom. The molecule has 0 saturated carbocycles. The van der Waals surface area contributed by atoms with Gasteiger partial charge >= 0.3 is 0 Å². The van der Waals surface area contributed by atoms with Crippen molar-refractivity contribution < 1.29 is 17.6 Å². The summed E-state index contributed by atoms with van der Waals surface area (Å²) in [5.41, 5.74) is 0.381. The fourth-order valence-corrected chi connectivity index (χ4v) is 1.73. The molecule has 1 aromatic heterocycles. The van der Waals surface area contributed by atoms with Crippen LogP contribution >= 0.6 is 0 Å². The highest BCUT2D eigenvalue weighted by molar-refractivity contribution is 5.56. The zero-order chi connectivity index (χ0) is 15.7. The quantitative estimate of drug-likeness (QED) is 0.682. The molecule has 0 atom stereocenters.